The lowest BCUT2D eigenvalue weighted by atomic mass is 10.2. The third-order valence-corrected chi connectivity index (χ3v) is 6.90. The third kappa shape index (κ3) is 5.92. The van der Waals surface area contributed by atoms with Crippen LogP contribution in [0.25, 0.3) is 0 Å². The molecule has 0 bridgehead atoms. The number of carbonyl (C=O) groups is 2. The first-order valence-electron chi connectivity index (χ1n) is 9.16. The minimum Gasteiger partial charge on any atom is -0.356 e. The Labute approximate surface area is 165 Å². The summed E-state index contributed by atoms with van der Waals surface area (Å²) in [5, 5.41) is 5.60. The molecule has 1 aromatic carbocycles. The van der Waals surface area contributed by atoms with Crippen molar-refractivity contribution in [3.05, 3.63) is 23.2 Å². The van der Waals surface area contributed by atoms with E-state index in [1.165, 1.54) is 16.4 Å². The molecule has 1 fully saturated rings. The number of nitrogens with one attached hydrogen (secondary N) is 2. The zero-order valence-electron chi connectivity index (χ0n) is 15.6. The number of carbonyl (C=O) groups excluding carboxylic acids is 2. The predicted octanol–water partition coefficient (Wildman–Crippen LogP) is 2.62. The second kappa shape index (κ2) is 9.52. The van der Waals surface area contributed by atoms with Crippen LogP contribution in [0.3, 0.4) is 0 Å². The van der Waals surface area contributed by atoms with Crippen molar-refractivity contribution >= 4 is 39.1 Å². The summed E-state index contributed by atoms with van der Waals surface area (Å²) >= 11 is 6.08. The quantitative estimate of drug-likeness (QED) is 0.574. The molecule has 150 valence electrons. The van der Waals surface area contributed by atoms with Gasteiger partial charge >= 0.3 is 0 Å². The van der Waals surface area contributed by atoms with E-state index in [1.807, 2.05) is 0 Å². The average Bonchev–Trinajstić information content (AvgIpc) is 3.46. The molecule has 0 aromatic heterocycles. The number of hydrogen-bond donors (Lipinski definition) is 2. The minimum atomic E-state index is -3.72. The standard InChI is InChI=1S/C18H26ClN3O4S/c1-3-22(4-2)27(25,26)16-12-14(9-10-15(16)19)21-17(23)6-5-11-20-18(24)13-7-8-13/h9-10,12-13H,3-8,11H2,1-2H3,(H,20,24)(H,21,23). The van der Waals surface area contributed by atoms with Crippen LogP contribution in [0.1, 0.15) is 39.5 Å². The van der Waals surface area contributed by atoms with E-state index >= 15 is 0 Å². The molecule has 0 atom stereocenters. The fourth-order valence-corrected chi connectivity index (χ4v) is 4.61. The highest BCUT2D eigenvalue weighted by Gasteiger charge is 2.29. The number of amides is 2. The van der Waals surface area contributed by atoms with Crippen LogP contribution in [0.5, 0.6) is 0 Å². The molecule has 2 rings (SSSR count). The van der Waals surface area contributed by atoms with Crippen LogP contribution in [0, 0.1) is 5.92 Å². The van der Waals surface area contributed by atoms with E-state index in [1.54, 1.807) is 19.9 Å². The number of hydrogen-bond acceptors (Lipinski definition) is 4. The number of nitrogens with zero attached hydrogens (tertiary/aromatic N) is 1. The minimum absolute atomic E-state index is 0.0256. The van der Waals surface area contributed by atoms with Crippen molar-refractivity contribution in [1.82, 2.24) is 9.62 Å². The molecule has 0 spiro atoms. The molecule has 0 unspecified atom stereocenters. The highest BCUT2D eigenvalue weighted by Crippen LogP contribution is 2.29. The fraction of sp³-hybridized carbons (Fsp3) is 0.556. The number of sulfonamides is 1. The summed E-state index contributed by atoms with van der Waals surface area (Å²) < 4.78 is 26.7. The Kier molecular flexibility index (Phi) is 7.64. The van der Waals surface area contributed by atoms with Crippen LogP contribution in [0.2, 0.25) is 5.02 Å². The second-order valence-electron chi connectivity index (χ2n) is 6.45. The van der Waals surface area contributed by atoms with Crippen molar-refractivity contribution in [2.24, 2.45) is 5.92 Å². The zero-order chi connectivity index (χ0) is 20.0. The van der Waals surface area contributed by atoms with Crippen molar-refractivity contribution in [3.8, 4) is 0 Å². The number of halogens is 1. The normalized spacial score (nSPS) is 14.2. The maximum atomic E-state index is 12.7. The van der Waals surface area contributed by atoms with Crippen molar-refractivity contribution in [2.75, 3.05) is 25.0 Å². The first-order chi connectivity index (χ1) is 12.8. The van der Waals surface area contributed by atoms with E-state index in [2.05, 4.69) is 10.6 Å². The molecule has 0 heterocycles. The Morgan fingerprint density at radius 1 is 1.22 bits per heavy atom. The monoisotopic (exact) mass is 415 g/mol. The van der Waals surface area contributed by atoms with Gasteiger partial charge in [0.1, 0.15) is 4.90 Å². The van der Waals surface area contributed by atoms with E-state index in [9.17, 15) is 18.0 Å². The van der Waals surface area contributed by atoms with Crippen LogP contribution in [-0.4, -0.2) is 44.2 Å². The smallest absolute Gasteiger partial charge is 0.244 e. The predicted molar refractivity (Wildman–Crippen MR) is 105 cm³/mol. The highest BCUT2D eigenvalue weighted by atomic mass is 35.5. The topological polar surface area (TPSA) is 95.6 Å². The van der Waals surface area contributed by atoms with Crippen molar-refractivity contribution in [2.45, 2.75) is 44.4 Å². The third-order valence-electron chi connectivity index (χ3n) is 4.37. The van der Waals surface area contributed by atoms with Gasteiger partial charge in [-0.25, -0.2) is 8.42 Å². The maximum Gasteiger partial charge on any atom is 0.244 e. The fourth-order valence-electron chi connectivity index (χ4n) is 2.66. The Bertz CT molecular complexity index is 790. The van der Waals surface area contributed by atoms with Gasteiger partial charge in [0.2, 0.25) is 21.8 Å². The Hall–Kier alpha value is -1.64. The first kappa shape index (κ1) is 21.7. The summed E-state index contributed by atoms with van der Waals surface area (Å²) in [7, 11) is -3.72. The molecule has 9 heteroatoms. The molecule has 1 aliphatic rings. The Balaban J connectivity index is 1.94. The van der Waals surface area contributed by atoms with Crippen LogP contribution in [0.4, 0.5) is 5.69 Å². The van der Waals surface area contributed by atoms with Gasteiger partial charge in [-0.05, 0) is 37.5 Å². The van der Waals surface area contributed by atoms with Gasteiger partial charge < -0.3 is 10.6 Å². The average molecular weight is 416 g/mol. The van der Waals surface area contributed by atoms with Crippen LogP contribution >= 0.6 is 11.6 Å². The SMILES string of the molecule is CCN(CC)S(=O)(=O)c1cc(NC(=O)CCCNC(=O)C2CC2)ccc1Cl. The number of benzene rings is 1. The molecule has 0 radical (unpaired) electrons. The van der Waals surface area contributed by atoms with E-state index in [-0.39, 0.29) is 34.1 Å². The van der Waals surface area contributed by atoms with Gasteiger partial charge in [0.25, 0.3) is 0 Å². The highest BCUT2D eigenvalue weighted by molar-refractivity contribution is 7.89. The van der Waals surface area contributed by atoms with Gasteiger partial charge in [0.15, 0.2) is 0 Å². The largest absolute Gasteiger partial charge is 0.356 e. The van der Waals surface area contributed by atoms with Crippen molar-refractivity contribution < 1.29 is 18.0 Å². The molecule has 1 saturated carbocycles. The van der Waals surface area contributed by atoms with Gasteiger partial charge in [-0.3, -0.25) is 9.59 Å². The summed E-state index contributed by atoms with van der Waals surface area (Å²) in [6, 6.07) is 4.41. The summed E-state index contributed by atoms with van der Waals surface area (Å²) in [6.07, 6.45) is 2.64. The summed E-state index contributed by atoms with van der Waals surface area (Å²) in [5.74, 6) is -0.0392. The molecule has 0 saturated heterocycles. The maximum absolute atomic E-state index is 12.7. The van der Waals surface area contributed by atoms with Gasteiger partial charge in [0, 0.05) is 37.7 Å². The molecular weight excluding hydrogens is 390 g/mol. The van der Waals surface area contributed by atoms with Gasteiger partial charge in [0.05, 0.1) is 5.02 Å². The Morgan fingerprint density at radius 3 is 2.48 bits per heavy atom. The van der Waals surface area contributed by atoms with Crippen LogP contribution in [0.15, 0.2) is 23.1 Å². The van der Waals surface area contributed by atoms with E-state index in [0.29, 0.717) is 31.7 Å². The number of anilines is 1. The van der Waals surface area contributed by atoms with Crippen LogP contribution < -0.4 is 10.6 Å². The van der Waals surface area contributed by atoms with E-state index in [4.69, 9.17) is 11.6 Å². The number of rotatable bonds is 10. The summed E-state index contributed by atoms with van der Waals surface area (Å²) in [4.78, 5) is 23.6. The molecule has 2 N–H and O–H groups in total. The van der Waals surface area contributed by atoms with Crippen LogP contribution in [-0.2, 0) is 19.6 Å². The van der Waals surface area contributed by atoms with E-state index in [0.717, 1.165) is 12.8 Å². The van der Waals surface area contributed by atoms with Gasteiger partial charge in [-0.2, -0.15) is 4.31 Å². The lowest BCUT2D eigenvalue weighted by Gasteiger charge is -2.19. The van der Waals surface area contributed by atoms with Crippen molar-refractivity contribution in [3.63, 3.8) is 0 Å². The van der Waals surface area contributed by atoms with Gasteiger partial charge in [-0.1, -0.05) is 25.4 Å². The molecule has 0 aliphatic heterocycles. The second-order valence-corrected chi connectivity index (χ2v) is 8.77. The first-order valence-corrected chi connectivity index (χ1v) is 11.0. The zero-order valence-corrected chi connectivity index (χ0v) is 17.2. The summed E-state index contributed by atoms with van der Waals surface area (Å²) in [6.45, 7) is 4.62. The molecule has 7 nitrogen and oxygen atoms in total. The van der Waals surface area contributed by atoms with Crippen molar-refractivity contribution in [1.29, 1.82) is 0 Å². The van der Waals surface area contributed by atoms with Gasteiger partial charge in [-0.15, -0.1) is 0 Å². The molecular formula is C18H26ClN3O4S. The van der Waals surface area contributed by atoms with E-state index < -0.39 is 10.0 Å². The molecule has 1 aliphatic carbocycles. The lowest BCUT2D eigenvalue weighted by Crippen LogP contribution is -2.31. The summed E-state index contributed by atoms with van der Waals surface area (Å²) in [5.41, 5.74) is 0.372. The molecule has 1 aromatic rings. The lowest BCUT2D eigenvalue weighted by molar-refractivity contribution is -0.122. The Morgan fingerprint density at radius 2 is 1.89 bits per heavy atom. The molecule has 27 heavy (non-hydrogen) atoms. The molecule has 2 amide bonds.